The SMILES string of the molecule is CN(c1cccnc1S(=O)(=O)NC(C)(C)C)S(C)(=O)=O. The van der Waals surface area contributed by atoms with E-state index in [9.17, 15) is 16.8 Å². The Morgan fingerprint density at radius 3 is 2.20 bits per heavy atom. The molecule has 0 fully saturated rings. The zero-order chi connectivity index (χ0) is 15.8. The number of hydrogen-bond acceptors (Lipinski definition) is 5. The minimum Gasteiger partial charge on any atom is -0.271 e. The molecular weight excluding hydrogens is 302 g/mol. The molecule has 1 aromatic rings. The summed E-state index contributed by atoms with van der Waals surface area (Å²) in [6.07, 6.45) is 2.30. The van der Waals surface area contributed by atoms with Crippen LogP contribution in [0.2, 0.25) is 0 Å². The average Bonchev–Trinajstić information content (AvgIpc) is 2.23. The third-order valence-corrected chi connectivity index (χ3v) is 5.18. The quantitative estimate of drug-likeness (QED) is 0.874. The van der Waals surface area contributed by atoms with Gasteiger partial charge in [0.05, 0.1) is 11.9 Å². The molecular formula is C11H19N3O4S2. The van der Waals surface area contributed by atoms with E-state index in [1.807, 2.05) is 0 Å². The highest BCUT2D eigenvalue weighted by atomic mass is 32.2. The molecule has 7 nitrogen and oxygen atoms in total. The number of rotatable bonds is 4. The van der Waals surface area contributed by atoms with Crippen molar-refractivity contribution in [1.82, 2.24) is 9.71 Å². The molecule has 0 radical (unpaired) electrons. The summed E-state index contributed by atoms with van der Waals surface area (Å²) in [5.74, 6) is 0. The normalized spacial score (nSPS) is 13.2. The van der Waals surface area contributed by atoms with E-state index in [2.05, 4.69) is 9.71 Å². The van der Waals surface area contributed by atoms with E-state index in [1.54, 1.807) is 20.8 Å². The summed E-state index contributed by atoms with van der Waals surface area (Å²) in [6, 6.07) is 2.87. The Balaban J connectivity index is 3.42. The predicted molar refractivity (Wildman–Crippen MR) is 77.6 cm³/mol. The summed E-state index contributed by atoms with van der Waals surface area (Å²) < 4.78 is 51.1. The fourth-order valence-corrected chi connectivity index (χ4v) is 3.60. The smallest absolute Gasteiger partial charge is 0.260 e. The minimum atomic E-state index is -3.92. The fourth-order valence-electron chi connectivity index (χ4n) is 1.46. The van der Waals surface area contributed by atoms with Gasteiger partial charge in [0, 0.05) is 18.8 Å². The van der Waals surface area contributed by atoms with Crippen LogP contribution in [0.4, 0.5) is 5.69 Å². The van der Waals surface area contributed by atoms with Gasteiger partial charge in [-0.05, 0) is 32.9 Å². The first-order valence-electron chi connectivity index (χ1n) is 5.77. The van der Waals surface area contributed by atoms with Gasteiger partial charge in [-0.1, -0.05) is 0 Å². The largest absolute Gasteiger partial charge is 0.271 e. The van der Waals surface area contributed by atoms with E-state index < -0.39 is 25.6 Å². The van der Waals surface area contributed by atoms with Crippen LogP contribution in [0, 0.1) is 0 Å². The topological polar surface area (TPSA) is 96.4 Å². The van der Waals surface area contributed by atoms with Gasteiger partial charge < -0.3 is 0 Å². The Bertz CT molecular complexity index is 691. The molecule has 0 aliphatic heterocycles. The maximum Gasteiger partial charge on any atom is 0.260 e. The molecule has 0 aromatic carbocycles. The highest BCUT2D eigenvalue weighted by molar-refractivity contribution is 7.92. The Morgan fingerprint density at radius 2 is 1.75 bits per heavy atom. The fraction of sp³-hybridized carbons (Fsp3) is 0.545. The third kappa shape index (κ3) is 4.15. The molecule has 0 unspecified atom stereocenters. The second-order valence-electron chi connectivity index (χ2n) is 5.41. The number of hydrogen-bond donors (Lipinski definition) is 1. The first kappa shape index (κ1) is 16.9. The molecule has 1 aromatic heterocycles. The zero-order valence-corrected chi connectivity index (χ0v) is 13.7. The van der Waals surface area contributed by atoms with E-state index >= 15 is 0 Å². The minimum absolute atomic E-state index is 0.00625. The van der Waals surface area contributed by atoms with E-state index in [-0.39, 0.29) is 10.7 Å². The van der Waals surface area contributed by atoms with Gasteiger partial charge in [-0.3, -0.25) is 4.31 Å². The number of anilines is 1. The van der Waals surface area contributed by atoms with Crippen molar-refractivity contribution in [1.29, 1.82) is 0 Å². The van der Waals surface area contributed by atoms with E-state index in [4.69, 9.17) is 0 Å². The molecule has 114 valence electrons. The third-order valence-electron chi connectivity index (χ3n) is 2.28. The zero-order valence-electron chi connectivity index (χ0n) is 12.1. The van der Waals surface area contributed by atoms with Crippen LogP contribution in [0.1, 0.15) is 20.8 Å². The van der Waals surface area contributed by atoms with Crippen LogP contribution in [0.15, 0.2) is 23.4 Å². The van der Waals surface area contributed by atoms with Crippen LogP contribution in [0.3, 0.4) is 0 Å². The summed E-state index contributed by atoms with van der Waals surface area (Å²) in [5, 5.41) is -0.317. The molecule has 9 heteroatoms. The van der Waals surface area contributed by atoms with Crippen molar-refractivity contribution in [3.8, 4) is 0 Å². The summed E-state index contributed by atoms with van der Waals surface area (Å²) in [5.41, 5.74) is -0.691. The van der Waals surface area contributed by atoms with Gasteiger partial charge in [0.15, 0.2) is 5.03 Å². The first-order chi connectivity index (χ1) is 8.84. The summed E-state index contributed by atoms with van der Waals surface area (Å²) >= 11 is 0. The second kappa shape index (κ2) is 5.30. The predicted octanol–water partition coefficient (Wildman–Crippen LogP) is 0.554. The standard InChI is InChI=1S/C11H19N3O4S2/c1-11(2,3)13-20(17,18)10-9(7-6-8-12-10)14(4)19(5,15)16/h6-8,13H,1-5H3. The molecule has 0 bridgehead atoms. The van der Waals surface area contributed by atoms with E-state index in [1.165, 1.54) is 25.4 Å². The average molecular weight is 321 g/mol. The van der Waals surface area contributed by atoms with Crippen molar-refractivity contribution in [2.75, 3.05) is 17.6 Å². The maximum absolute atomic E-state index is 12.3. The molecule has 1 heterocycles. The summed E-state index contributed by atoms with van der Waals surface area (Å²) in [4.78, 5) is 3.81. The molecule has 0 atom stereocenters. The van der Waals surface area contributed by atoms with Crippen LogP contribution in [-0.2, 0) is 20.0 Å². The molecule has 0 spiro atoms. The van der Waals surface area contributed by atoms with Crippen molar-refractivity contribution in [2.24, 2.45) is 0 Å². The summed E-state index contributed by atoms with van der Waals surface area (Å²) in [7, 11) is -6.22. The molecule has 0 aliphatic rings. The highest BCUT2D eigenvalue weighted by Gasteiger charge is 2.28. The lowest BCUT2D eigenvalue weighted by Crippen LogP contribution is -2.41. The van der Waals surface area contributed by atoms with Gasteiger partial charge in [-0.25, -0.2) is 26.5 Å². The highest BCUT2D eigenvalue weighted by Crippen LogP contribution is 2.24. The van der Waals surface area contributed by atoms with E-state index in [0.717, 1.165) is 10.6 Å². The second-order valence-corrected chi connectivity index (χ2v) is 9.03. The van der Waals surface area contributed by atoms with Crippen molar-refractivity contribution < 1.29 is 16.8 Å². The van der Waals surface area contributed by atoms with Crippen LogP contribution in [0.25, 0.3) is 0 Å². The Hall–Kier alpha value is -1.19. The van der Waals surface area contributed by atoms with Gasteiger partial charge in [-0.2, -0.15) is 0 Å². The number of aromatic nitrogens is 1. The monoisotopic (exact) mass is 321 g/mol. The van der Waals surface area contributed by atoms with Gasteiger partial charge >= 0.3 is 0 Å². The summed E-state index contributed by atoms with van der Waals surface area (Å²) in [6.45, 7) is 5.06. The molecule has 1 rings (SSSR count). The van der Waals surface area contributed by atoms with Crippen LogP contribution in [0.5, 0.6) is 0 Å². The van der Waals surface area contributed by atoms with Crippen molar-refractivity contribution in [3.63, 3.8) is 0 Å². The molecule has 0 aliphatic carbocycles. The molecule has 0 amide bonds. The maximum atomic E-state index is 12.3. The van der Waals surface area contributed by atoms with Crippen LogP contribution >= 0.6 is 0 Å². The number of sulfonamides is 2. The van der Waals surface area contributed by atoms with Crippen LogP contribution in [-0.4, -0.2) is 40.7 Å². The van der Waals surface area contributed by atoms with Crippen molar-refractivity contribution in [3.05, 3.63) is 18.3 Å². The van der Waals surface area contributed by atoms with Gasteiger partial charge in [-0.15, -0.1) is 0 Å². The van der Waals surface area contributed by atoms with E-state index in [0.29, 0.717) is 0 Å². The lowest BCUT2D eigenvalue weighted by molar-refractivity contribution is 0.490. The number of nitrogens with one attached hydrogen (secondary N) is 1. The Morgan fingerprint density at radius 1 is 1.20 bits per heavy atom. The molecule has 0 saturated heterocycles. The lowest BCUT2D eigenvalue weighted by Gasteiger charge is -2.23. The number of pyridine rings is 1. The molecule has 1 N–H and O–H groups in total. The first-order valence-corrected chi connectivity index (χ1v) is 9.11. The van der Waals surface area contributed by atoms with Gasteiger partial charge in [0.1, 0.15) is 0 Å². The van der Waals surface area contributed by atoms with Gasteiger partial charge in [0.25, 0.3) is 10.0 Å². The molecule has 0 saturated carbocycles. The Kier molecular flexibility index (Phi) is 4.47. The Labute approximate surface area is 120 Å². The van der Waals surface area contributed by atoms with Crippen LogP contribution < -0.4 is 9.03 Å². The van der Waals surface area contributed by atoms with Crippen molar-refractivity contribution in [2.45, 2.75) is 31.3 Å². The lowest BCUT2D eigenvalue weighted by atomic mass is 10.1. The van der Waals surface area contributed by atoms with Gasteiger partial charge in [0.2, 0.25) is 10.0 Å². The molecule has 20 heavy (non-hydrogen) atoms. The van der Waals surface area contributed by atoms with Crippen molar-refractivity contribution >= 4 is 25.7 Å². The number of nitrogens with zero attached hydrogens (tertiary/aromatic N) is 2.